The van der Waals surface area contributed by atoms with Crippen LogP contribution in [0.3, 0.4) is 0 Å². The lowest BCUT2D eigenvalue weighted by molar-refractivity contribution is 0.853. The topological polar surface area (TPSA) is 92.5 Å². The third-order valence-electron chi connectivity index (χ3n) is 2.68. The highest BCUT2D eigenvalue weighted by Crippen LogP contribution is 2.21. The lowest BCUT2D eigenvalue weighted by Gasteiger charge is -2.08. The fraction of sp³-hybridized carbons (Fsp3) is 0.364. The van der Waals surface area contributed by atoms with Crippen molar-refractivity contribution in [2.45, 2.75) is 19.8 Å². The van der Waals surface area contributed by atoms with Crippen LogP contribution in [0, 0.1) is 6.92 Å². The third-order valence-corrected chi connectivity index (χ3v) is 2.99. The fourth-order valence-electron chi connectivity index (χ4n) is 1.63. The Morgan fingerprint density at radius 3 is 3.00 bits per heavy atom. The van der Waals surface area contributed by atoms with E-state index in [1.807, 2.05) is 13.1 Å². The van der Waals surface area contributed by atoms with Gasteiger partial charge in [-0.3, -0.25) is 5.10 Å². The first-order valence-electron chi connectivity index (χ1n) is 5.67. The molecule has 0 aromatic carbocycles. The van der Waals surface area contributed by atoms with Crippen LogP contribution in [0.4, 0.5) is 11.5 Å². The molecule has 0 radical (unpaired) electrons. The van der Waals surface area contributed by atoms with Crippen LogP contribution in [0.1, 0.15) is 17.7 Å². The number of aromatic amines is 1. The van der Waals surface area contributed by atoms with Gasteiger partial charge in [-0.2, -0.15) is 5.10 Å². The van der Waals surface area contributed by atoms with E-state index in [1.54, 1.807) is 0 Å². The maximum Gasteiger partial charge on any atom is 0.157 e. The molecule has 0 bridgehead atoms. The van der Waals surface area contributed by atoms with E-state index in [1.165, 1.54) is 11.9 Å². The summed E-state index contributed by atoms with van der Waals surface area (Å²) in [5, 5.41) is 10.3. The molecule has 0 amide bonds. The molecule has 2 aromatic rings. The van der Waals surface area contributed by atoms with Crippen LogP contribution in [-0.2, 0) is 6.42 Å². The standard InChI is InChI=1S/C11H15ClN6/c1-7-8(5-17-18-7)3-2-4-14-11-9(13)10(12)15-6-16-11/h5-6H,2-4,13H2,1H3,(H,17,18)(H,14,15,16). The summed E-state index contributed by atoms with van der Waals surface area (Å²) in [6.07, 6.45) is 5.15. The summed E-state index contributed by atoms with van der Waals surface area (Å²) in [5.41, 5.74) is 8.47. The highest BCUT2D eigenvalue weighted by atomic mass is 35.5. The first-order chi connectivity index (χ1) is 8.68. The number of aromatic nitrogens is 4. The van der Waals surface area contributed by atoms with Crippen molar-refractivity contribution in [1.29, 1.82) is 0 Å². The van der Waals surface area contributed by atoms with E-state index < -0.39 is 0 Å². The zero-order valence-corrected chi connectivity index (χ0v) is 10.8. The second-order valence-corrected chi connectivity index (χ2v) is 4.34. The Morgan fingerprint density at radius 1 is 1.44 bits per heavy atom. The Balaban J connectivity index is 1.82. The van der Waals surface area contributed by atoms with Crippen molar-refractivity contribution >= 4 is 23.1 Å². The Hall–Kier alpha value is -1.82. The minimum Gasteiger partial charge on any atom is -0.393 e. The summed E-state index contributed by atoms with van der Waals surface area (Å²) in [4.78, 5) is 7.84. The van der Waals surface area contributed by atoms with Crippen molar-refractivity contribution in [1.82, 2.24) is 20.2 Å². The predicted octanol–water partition coefficient (Wildman–Crippen LogP) is 1.79. The van der Waals surface area contributed by atoms with Gasteiger partial charge in [-0.25, -0.2) is 9.97 Å². The minimum atomic E-state index is 0.276. The predicted molar refractivity (Wildman–Crippen MR) is 71.6 cm³/mol. The van der Waals surface area contributed by atoms with Crippen LogP contribution >= 0.6 is 11.6 Å². The van der Waals surface area contributed by atoms with Gasteiger partial charge in [0.25, 0.3) is 0 Å². The van der Waals surface area contributed by atoms with E-state index in [9.17, 15) is 0 Å². The van der Waals surface area contributed by atoms with E-state index in [-0.39, 0.29) is 5.15 Å². The zero-order valence-electron chi connectivity index (χ0n) is 10.1. The Bertz CT molecular complexity index is 524. The van der Waals surface area contributed by atoms with E-state index in [2.05, 4.69) is 25.5 Å². The number of anilines is 2. The van der Waals surface area contributed by atoms with Crippen molar-refractivity contribution in [3.8, 4) is 0 Å². The number of aryl methyl sites for hydroxylation is 2. The largest absolute Gasteiger partial charge is 0.393 e. The van der Waals surface area contributed by atoms with Crippen LogP contribution in [-0.4, -0.2) is 26.7 Å². The monoisotopic (exact) mass is 266 g/mol. The fourth-order valence-corrected chi connectivity index (χ4v) is 1.76. The summed E-state index contributed by atoms with van der Waals surface area (Å²) in [6.45, 7) is 2.78. The molecule has 2 heterocycles. The van der Waals surface area contributed by atoms with Crippen molar-refractivity contribution in [3.05, 3.63) is 28.9 Å². The molecule has 6 nitrogen and oxygen atoms in total. The van der Waals surface area contributed by atoms with E-state index >= 15 is 0 Å². The van der Waals surface area contributed by atoms with Crippen LogP contribution in [0.25, 0.3) is 0 Å². The molecule has 2 rings (SSSR count). The number of nitrogens with zero attached hydrogens (tertiary/aromatic N) is 3. The second-order valence-electron chi connectivity index (χ2n) is 3.98. The quantitative estimate of drug-likeness (QED) is 0.567. The number of H-pyrrole nitrogens is 1. The van der Waals surface area contributed by atoms with Crippen LogP contribution in [0.15, 0.2) is 12.5 Å². The summed E-state index contributed by atoms with van der Waals surface area (Å²) < 4.78 is 0. The molecule has 0 unspecified atom stereocenters. The zero-order chi connectivity index (χ0) is 13.0. The van der Waals surface area contributed by atoms with Gasteiger partial charge in [0.2, 0.25) is 0 Å². The third kappa shape index (κ3) is 2.89. The molecule has 96 valence electrons. The molecular weight excluding hydrogens is 252 g/mol. The molecule has 0 saturated carbocycles. The SMILES string of the molecule is Cc1[nH]ncc1CCCNc1ncnc(Cl)c1N. The van der Waals surface area contributed by atoms with Gasteiger partial charge in [-0.05, 0) is 25.3 Å². The number of hydrogen-bond acceptors (Lipinski definition) is 5. The molecule has 0 spiro atoms. The van der Waals surface area contributed by atoms with Crippen molar-refractivity contribution < 1.29 is 0 Å². The van der Waals surface area contributed by atoms with Gasteiger partial charge in [0, 0.05) is 12.2 Å². The van der Waals surface area contributed by atoms with Gasteiger partial charge >= 0.3 is 0 Å². The normalized spacial score (nSPS) is 10.6. The molecule has 0 aliphatic rings. The summed E-state index contributed by atoms with van der Waals surface area (Å²) in [7, 11) is 0. The average molecular weight is 267 g/mol. The highest BCUT2D eigenvalue weighted by Gasteiger charge is 2.05. The molecule has 0 fully saturated rings. The second kappa shape index (κ2) is 5.68. The first-order valence-corrected chi connectivity index (χ1v) is 6.05. The van der Waals surface area contributed by atoms with E-state index in [0.717, 1.165) is 25.1 Å². The van der Waals surface area contributed by atoms with Gasteiger partial charge in [-0.1, -0.05) is 11.6 Å². The molecule has 0 aliphatic carbocycles. The maximum absolute atomic E-state index is 5.80. The van der Waals surface area contributed by atoms with Gasteiger partial charge in [-0.15, -0.1) is 0 Å². The lowest BCUT2D eigenvalue weighted by atomic mass is 10.1. The van der Waals surface area contributed by atoms with Crippen LogP contribution in [0.5, 0.6) is 0 Å². The van der Waals surface area contributed by atoms with Crippen LogP contribution < -0.4 is 11.1 Å². The molecule has 7 heteroatoms. The molecule has 2 aromatic heterocycles. The smallest absolute Gasteiger partial charge is 0.157 e. The van der Waals surface area contributed by atoms with Crippen molar-refractivity contribution in [2.24, 2.45) is 0 Å². The average Bonchev–Trinajstić information content (AvgIpc) is 2.76. The van der Waals surface area contributed by atoms with Gasteiger partial charge in [0.1, 0.15) is 12.0 Å². The van der Waals surface area contributed by atoms with Gasteiger partial charge in [0.05, 0.1) is 6.20 Å². The lowest BCUT2D eigenvalue weighted by Crippen LogP contribution is -2.08. The van der Waals surface area contributed by atoms with Crippen LogP contribution in [0.2, 0.25) is 5.15 Å². The molecular formula is C11H15ClN6. The maximum atomic E-state index is 5.80. The number of hydrogen-bond donors (Lipinski definition) is 3. The van der Waals surface area contributed by atoms with Gasteiger partial charge < -0.3 is 11.1 Å². The Morgan fingerprint density at radius 2 is 2.28 bits per heavy atom. The number of nitrogen functional groups attached to an aromatic ring is 1. The van der Waals surface area contributed by atoms with E-state index in [0.29, 0.717) is 11.5 Å². The van der Waals surface area contributed by atoms with Crippen molar-refractivity contribution in [2.75, 3.05) is 17.6 Å². The summed E-state index contributed by atoms with van der Waals surface area (Å²) in [5.74, 6) is 0.582. The number of halogens is 1. The number of nitrogens with one attached hydrogen (secondary N) is 2. The minimum absolute atomic E-state index is 0.276. The summed E-state index contributed by atoms with van der Waals surface area (Å²) in [6, 6.07) is 0. The molecule has 18 heavy (non-hydrogen) atoms. The Kier molecular flexibility index (Phi) is 3.99. The molecule has 4 N–H and O–H groups in total. The summed E-state index contributed by atoms with van der Waals surface area (Å²) >= 11 is 5.80. The first kappa shape index (κ1) is 12.6. The number of nitrogens with two attached hydrogens (primary N) is 1. The van der Waals surface area contributed by atoms with Crippen molar-refractivity contribution in [3.63, 3.8) is 0 Å². The molecule has 0 saturated heterocycles. The molecule has 0 aliphatic heterocycles. The highest BCUT2D eigenvalue weighted by molar-refractivity contribution is 6.32. The molecule has 0 atom stereocenters. The van der Waals surface area contributed by atoms with E-state index in [4.69, 9.17) is 17.3 Å². The van der Waals surface area contributed by atoms with Gasteiger partial charge in [0.15, 0.2) is 11.0 Å². The Labute approximate surface area is 110 Å². The number of rotatable bonds is 5.